The molecule has 0 amide bonds. The van der Waals surface area contributed by atoms with Crippen LogP contribution in [0, 0.1) is 18.3 Å². The molecule has 4 heteroatoms. The van der Waals surface area contributed by atoms with E-state index < -0.39 is 5.41 Å². The first-order chi connectivity index (χ1) is 7.52. The summed E-state index contributed by atoms with van der Waals surface area (Å²) in [6, 6.07) is 3.90. The Labute approximate surface area is 98.9 Å². The molecule has 0 unspecified atom stereocenters. The van der Waals surface area contributed by atoms with Crippen molar-refractivity contribution in [3.63, 3.8) is 0 Å². The predicted octanol–water partition coefficient (Wildman–Crippen LogP) is 3.00. The zero-order chi connectivity index (χ0) is 11.9. The van der Waals surface area contributed by atoms with Gasteiger partial charge in [-0.05, 0) is 37.8 Å². The Bertz CT molecular complexity index is 487. The van der Waals surface area contributed by atoms with E-state index in [0.717, 1.165) is 19.3 Å². The molecule has 0 spiro atoms. The van der Waals surface area contributed by atoms with Gasteiger partial charge >= 0.3 is 0 Å². The summed E-state index contributed by atoms with van der Waals surface area (Å²) in [5, 5.41) is 28.6. The van der Waals surface area contributed by atoms with Gasteiger partial charge in [-0.1, -0.05) is 11.6 Å². The summed E-state index contributed by atoms with van der Waals surface area (Å²) < 4.78 is 0. The maximum absolute atomic E-state index is 9.89. The highest BCUT2D eigenvalue weighted by Crippen LogP contribution is 2.50. The fourth-order valence-corrected chi connectivity index (χ4v) is 2.34. The number of phenolic OH excluding ortho intramolecular Hbond substituents is 2. The van der Waals surface area contributed by atoms with Gasteiger partial charge in [0.2, 0.25) is 0 Å². The Kier molecular flexibility index (Phi) is 2.47. The molecule has 0 radical (unpaired) electrons. The average Bonchev–Trinajstić information content (AvgIpc) is 2.21. The van der Waals surface area contributed by atoms with Crippen molar-refractivity contribution in [3.8, 4) is 17.6 Å². The van der Waals surface area contributed by atoms with E-state index in [1.807, 2.05) is 0 Å². The molecule has 1 aromatic rings. The molecule has 0 heterocycles. The highest BCUT2D eigenvalue weighted by atomic mass is 35.5. The van der Waals surface area contributed by atoms with E-state index in [9.17, 15) is 15.5 Å². The Hall–Kier alpha value is -1.40. The number of nitrogens with zero attached hydrogens (tertiary/aromatic N) is 1. The van der Waals surface area contributed by atoms with E-state index in [1.54, 1.807) is 13.0 Å². The third kappa shape index (κ3) is 1.34. The number of halogens is 1. The molecule has 0 aromatic heterocycles. The van der Waals surface area contributed by atoms with Crippen LogP contribution in [0.3, 0.4) is 0 Å². The Morgan fingerprint density at radius 2 is 2.00 bits per heavy atom. The summed E-state index contributed by atoms with van der Waals surface area (Å²) in [4.78, 5) is 0. The molecule has 3 nitrogen and oxygen atoms in total. The van der Waals surface area contributed by atoms with Crippen LogP contribution in [0.4, 0.5) is 0 Å². The van der Waals surface area contributed by atoms with Crippen LogP contribution in [-0.2, 0) is 5.41 Å². The fraction of sp³-hybridized carbons (Fsp3) is 0.417. The van der Waals surface area contributed by atoms with Crippen molar-refractivity contribution in [3.05, 3.63) is 22.2 Å². The second kappa shape index (κ2) is 3.57. The maximum atomic E-state index is 9.89. The number of nitriles is 1. The first kappa shape index (κ1) is 11.1. The molecule has 2 rings (SSSR count). The minimum atomic E-state index is -0.619. The molecule has 84 valence electrons. The molecule has 1 aromatic carbocycles. The number of rotatable bonds is 1. The maximum Gasteiger partial charge on any atom is 0.142 e. The third-order valence-electron chi connectivity index (χ3n) is 3.34. The minimum Gasteiger partial charge on any atom is -0.506 e. The summed E-state index contributed by atoms with van der Waals surface area (Å²) in [5.41, 5.74) is 0.507. The van der Waals surface area contributed by atoms with Crippen molar-refractivity contribution in [2.45, 2.75) is 31.6 Å². The standard InChI is InChI=1S/C12H12ClNO2/c1-7-5-8(11(16)9(13)10(7)15)12(6-14)3-2-4-12/h5,15-16H,2-4H2,1H3. The Balaban J connectivity index is 2.63. The molecular weight excluding hydrogens is 226 g/mol. The van der Waals surface area contributed by atoms with Gasteiger partial charge in [-0.2, -0.15) is 5.26 Å². The van der Waals surface area contributed by atoms with Crippen LogP contribution in [0.2, 0.25) is 5.02 Å². The SMILES string of the molecule is Cc1cc(C2(C#N)CCC2)c(O)c(Cl)c1O. The van der Waals surface area contributed by atoms with Crippen molar-refractivity contribution in [2.24, 2.45) is 0 Å². The molecule has 16 heavy (non-hydrogen) atoms. The zero-order valence-electron chi connectivity index (χ0n) is 8.92. The molecule has 2 N–H and O–H groups in total. The van der Waals surface area contributed by atoms with E-state index in [0.29, 0.717) is 11.1 Å². The van der Waals surface area contributed by atoms with E-state index in [1.165, 1.54) is 0 Å². The molecule has 1 aliphatic rings. The first-order valence-electron chi connectivity index (χ1n) is 5.14. The van der Waals surface area contributed by atoms with Crippen molar-refractivity contribution >= 4 is 11.6 Å². The van der Waals surface area contributed by atoms with E-state index in [-0.39, 0.29) is 16.5 Å². The zero-order valence-corrected chi connectivity index (χ0v) is 9.67. The summed E-state index contributed by atoms with van der Waals surface area (Å²) in [6.45, 7) is 1.70. The second-order valence-electron chi connectivity index (χ2n) is 4.30. The number of benzene rings is 1. The molecular formula is C12H12ClNO2. The number of hydrogen-bond donors (Lipinski definition) is 2. The van der Waals surface area contributed by atoms with Crippen molar-refractivity contribution in [1.82, 2.24) is 0 Å². The van der Waals surface area contributed by atoms with Crippen molar-refractivity contribution in [1.29, 1.82) is 5.26 Å². The molecule has 0 bridgehead atoms. The van der Waals surface area contributed by atoms with Gasteiger partial charge in [0.25, 0.3) is 0 Å². The van der Waals surface area contributed by atoms with Crippen LogP contribution in [0.15, 0.2) is 6.07 Å². The lowest BCUT2D eigenvalue weighted by molar-refractivity contribution is 0.310. The number of aryl methyl sites for hydroxylation is 1. The Morgan fingerprint density at radius 1 is 1.38 bits per heavy atom. The van der Waals surface area contributed by atoms with E-state index >= 15 is 0 Å². The normalized spacial score (nSPS) is 17.6. The summed E-state index contributed by atoms with van der Waals surface area (Å²) in [7, 11) is 0. The highest BCUT2D eigenvalue weighted by molar-refractivity contribution is 6.33. The number of phenols is 2. The van der Waals surface area contributed by atoms with E-state index in [2.05, 4.69) is 6.07 Å². The first-order valence-corrected chi connectivity index (χ1v) is 5.52. The fourth-order valence-electron chi connectivity index (χ4n) is 2.09. The van der Waals surface area contributed by atoms with Gasteiger partial charge in [-0.25, -0.2) is 0 Å². The van der Waals surface area contributed by atoms with Crippen LogP contribution in [0.5, 0.6) is 11.5 Å². The largest absolute Gasteiger partial charge is 0.506 e. The summed E-state index contributed by atoms with van der Waals surface area (Å²) in [5.74, 6) is -0.277. The molecule has 0 saturated heterocycles. The topological polar surface area (TPSA) is 64.2 Å². The van der Waals surface area contributed by atoms with Gasteiger partial charge in [0, 0.05) is 5.56 Å². The van der Waals surface area contributed by atoms with Crippen molar-refractivity contribution < 1.29 is 10.2 Å². The molecule has 1 saturated carbocycles. The molecule has 1 fully saturated rings. The van der Waals surface area contributed by atoms with Gasteiger partial charge < -0.3 is 10.2 Å². The van der Waals surface area contributed by atoms with E-state index in [4.69, 9.17) is 11.6 Å². The number of hydrogen-bond acceptors (Lipinski definition) is 3. The van der Waals surface area contributed by atoms with Crippen molar-refractivity contribution in [2.75, 3.05) is 0 Å². The monoisotopic (exact) mass is 237 g/mol. The van der Waals surface area contributed by atoms with Crippen LogP contribution >= 0.6 is 11.6 Å². The van der Waals surface area contributed by atoms with Crippen LogP contribution in [-0.4, -0.2) is 10.2 Å². The minimum absolute atomic E-state index is 0.0588. The molecule has 0 aliphatic heterocycles. The second-order valence-corrected chi connectivity index (χ2v) is 4.68. The Morgan fingerprint density at radius 3 is 2.44 bits per heavy atom. The molecule has 1 aliphatic carbocycles. The summed E-state index contributed by atoms with van der Waals surface area (Å²) in [6.07, 6.45) is 2.44. The van der Waals surface area contributed by atoms with Crippen LogP contribution in [0.1, 0.15) is 30.4 Å². The van der Waals surface area contributed by atoms with Crippen LogP contribution < -0.4 is 0 Å². The van der Waals surface area contributed by atoms with Gasteiger partial charge in [0.15, 0.2) is 0 Å². The lowest BCUT2D eigenvalue weighted by Crippen LogP contribution is -2.32. The average molecular weight is 238 g/mol. The highest BCUT2D eigenvalue weighted by Gasteiger charge is 2.42. The van der Waals surface area contributed by atoms with Gasteiger partial charge in [-0.3, -0.25) is 0 Å². The molecule has 0 atom stereocenters. The van der Waals surface area contributed by atoms with Gasteiger partial charge in [0.1, 0.15) is 16.5 Å². The quantitative estimate of drug-likeness (QED) is 0.789. The smallest absolute Gasteiger partial charge is 0.142 e. The lowest BCUT2D eigenvalue weighted by Gasteiger charge is -2.36. The lowest BCUT2D eigenvalue weighted by atomic mass is 9.65. The van der Waals surface area contributed by atoms with Gasteiger partial charge in [0.05, 0.1) is 11.5 Å². The van der Waals surface area contributed by atoms with Gasteiger partial charge in [-0.15, -0.1) is 0 Å². The summed E-state index contributed by atoms with van der Waals surface area (Å²) >= 11 is 5.82. The number of aromatic hydroxyl groups is 2. The van der Waals surface area contributed by atoms with Crippen LogP contribution in [0.25, 0.3) is 0 Å². The predicted molar refractivity (Wildman–Crippen MR) is 60.7 cm³/mol. The third-order valence-corrected chi connectivity index (χ3v) is 3.70.